The van der Waals surface area contributed by atoms with E-state index in [2.05, 4.69) is 19.6 Å². The highest BCUT2D eigenvalue weighted by Crippen LogP contribution is 2.29. The van der Waals surface area contributed by atoms with Crippen LogP contribution in [0.2, 0.25) is 0 Å². The van der Waals surface area contributed by atoms with Gasteiger partial charge in [-0.15, -0.1) is 0 Å². The lowest BCUT2D eigenvalue weighted by molar-refractivity contribution is -0.159. The highest BCUT2D eigenvalue weighted by Gasteiger charge is 2.39. The Hall–Kier alpha value is -2.30. The molecule has 2 atom stereocenters. The van der Waals surface area contributed by atoms with E-state index in [1.54, 1.807) is 0 Å². The first-order valence-corrected chi connectivity index (χ1v) is 7.38. The van der Waals surface area contributed by atoms with Crippen molar-refractivity contribution >= 4 is 0 Å². The molecule has 0 aromatic carbocycles. The number of hydrogen-bond acceptors (Lipinski definition) is 5. The minimum atomic E-state index is -4.80. The van der Waals surface area contributed by atoms with Crippen LogP contribution in [0.4, 0.5) is 22.0 Å². The predicted molar refractivity (Wildman–Crippen MR) is 75.3 cm³/mol. The predicted octanol–water partition coefficient (Wildman–Crippen LogP) is 1.98. The third-order valence-corrected chi connectivity index (χ3v) is 3.91. The molecule has 136 valence electrons. The van der Waals surface area contributed by atoms with Crippen molar-refractivity contribution in [2.45, 2.75) is 24.9 Å². The molecule has 1 aliphatic heterocycles. The van der Waals surface area contributed by atoms with Crippen LogP contribution in [0.3, 0.4) is 0 Å². The van der Waals surface area contributed by atoms with Gasteiger partial charge in [0.05, 0.1) is 0 Å². The first kappa shape index (κ1) is 17.5. The normalized spacial score (nSPS) is 21.8. The zero-order chi connectivity index (χ0) is 18.2. The Balaban J connectivity index is 1.83. The Morgan fingerprint density at radius 3 is 2.56 bits per heavy atom. The molecule has 0 unspecified atom stereocenters. The van der Waals surface area contributed by atoms with Crippen molar-refractivity contribution < 1.29 is 26.5 Å². The van der Waals surface area contributed by atoms with Gasteiger partial charge in [-0.2, -0.15) is 18.2 Å². The smallest absolute Gasteiger partial charge is 0.329 e. The zero-order valence-electron chi connectivity index (χ0n) is 12.7. The van der Waals surface area contributed by atoms with Gasteiger partial charge in [0.1, 0.15) is 12.3 Å². The van der Waals surface area contributed by atoms with E-state index in [0.29, 0.717) is 0 Å². The Morgan fingerprint density at radius 2 is 1.96 bits per heavy atom. The molecule has 0 radical (unpaired) electrons. The van der Waals surface area contributed by atoms with Gasteiger partial charge in [-0.05, 0) is 12.5 Å². The molecule has 3 rings (SSSR count). The van der Waals surface area contributed by atoms with Crippen LogP contribution in [0.25, 0.3) is 11.4 Å². The fraction of sp³-hybridized carbons (Fsp3) is 0.500. The Morgan fingerprint density at radius 1 is 1.28 bits per heavy atom. The van der Waals surface area contributed by atoms with Gasteiger partial charge in [0.15, 0.2) is 0 Å². The largest absolute Gasteiger partial charge is 0.471 e. The third-order valence-electron chi connectivity index (χ3n) is 3.91. The van der Waals surface area contributed by atoms with Crippen LogP contribution in [0.5, 0.6) is 0 Å². The number of alkyl halides is 5. The molecule has 2 aromatic rings. The molecular weight excluding hydrogens is 351 g/mol. The van der Waals surface area contributed by atoms with E-state index in [1.165, 1.54) is 17.2 Å². The first-order valence-electron chi connectivity index (χ1n) is 7.38. The number of rotatable bonds is 4. The Kier molecular flexibility index (Phi) is 4.58. The molecule has 0 saturated carbocycles. The van der Waals surface area contributed by atoms with Gasteiger partial charge in [-0.1, -0.05) is 5.16 Å². The molecule has 0 bridgehead atoms. The second-order valence-corrected chi connectivity index (χ2v) is 5.66. The topological polar surface area (TPSA) is 75.0 Å². The molecule has 25 heavy (non-hydrogen) atoms. The number of hydrogen-bond donors (Lipinski definition) is 1. The SMILES string of the molecule is O=c1[nH]ccc(-c2noc(C(F)(F)F)n2)c1CCN1C[C@H](F)[C@@H](F)C1. The van der Waals surface area contributed by atoms with Crippen molar-refractivity contribution in [3.8, 4) is 11.4 Å². The summed E-state index contributed by atoms with van der Waals surface area (Å²) in [6.07, 6.45) is -6.65. The highest BCUT2D eigenvalue weighted by molar-refractivity contribution is 5.58. The fourth-order valence-corrected chi connectivity index (χ4v) is 2.67. The number of halogens is 5. The molecular formula is C14H13F5N4O2. The average molecular weight is 364 g/mol. The molecule has 0 aliphatic carbocycles. The summed E-state index contributed by atoms with van der Waals surface area (Å²) in [5, 5.41) is 3.27. The van der Waals surface area contributed by atoms with Gasteiger partial charge in [0.2, 0.25) is 5.82 Å². The van der Waals surface area contributed by atoms with E-state index in [1.807, 2.05) is 0 Å². The van der Waals surface area contributed by atoms with Crippen molar-refractivity contribution in [2.75, 3.05) is 19.6 Å². The van der Waals surface area contributed by atoms with Gasteiger partial charge in [-0.3, -0.25) is 9.69 Å². The first-order chi connectivity index (χ1) is 11.8. The summed E-state index contributed by atoms with van der Waals surface area (Å²) >= 11 is 0. The van der Waals surface area contributed by atoms with Crippen LogP contribution in [-0.4, -0.2) is 52.0 Å². The highest BCUT2D eigenvalue weighted by atomic mass is 19.4. The molecule has 11 heteroatoms. The molecule has 1 N–H and O–H groups in total. The van der Waals surface area contributed by atoms with E-state index in [-0.39, 0.29) is 43.0 Å². The molecule has 1 aliphatic rings. The Bertz CT molecular complexity index is 793. The summed E-state index contributed by atoms with van der Waals surface area (Å²) in [7, 11) is 0. The minimum Gasteiger partial charge on any atom is -0.329 e. The van der Waals surface area contributed by atoms with Gasteiger partial charge >= 0.3 is 12.1 Å². The molecule has 1 saturated heterocycles. The second kappa shape index (κ2) is 6.54. The maximum Gasteiger partial charge on any atom is 0.471 e. The van der Waals surface area contributed by atoms with Gasteiger partial charge in [0, 0.05) is 37.0 Å². The monoisotopic (exact) mass is 364 g/mol. The average Bonchev–Trinajstić information content (AvgIpc) is 3.13. The van der Waals surface area contributed by atoms with Crippen LogP contribution >= 0.6 is 0 Å². The molecule has 0 amide bonds. The number of nitrogens with zero attached hydrogens (tertiary/aromatic N) is 3. The molecule has 2 aromatic heterocycles. The molecule has 3 heterocycles. The zero-order valence-corrected chi connectivity index (χ0v) is 12.7. The van der Waals surface area contributed by atoms with Crippen molar-refractivity contribution in [3.05, 3.63) is 34.1 Å². The van der Waals surface area contributed by atoms with E-state index >= 15 is 0 Å². The molecule has 1 fully saturated rings. The van der Waals surface area contributed by atoms with Crippen LogP contribution in [0.1, 0.15) is 11.5 Å². The quantitative estimate of drug-likeness (QED) is 0.840. The van der Waals surface area contributed by atoms with E-state index in [4.69, 9.17) is 0 Å². The maximum absolute atomic E-state index is 13.2. The van der Waals surface area contributed by atoms with E-state index < -0.39 is 30.0 Å². The van der Waals surface area contributed by atoms with Crippen molar-refractivity contribution in [3.63, 3.8) is 0 Å². The summed E-state index contributed by atoms with van der Waals surface area (Å²) in [5.74, 6) is -1.89. The van der Waals surface area contributed by atoms with Crippen molar-refractivity contribution in [1.29, 1.82) is 0 Å². The van der Waals surface area contributed by atoms with E-state index in [0.717, 1.165) is 0 Å². The number of likely N-dealkylation sites (tertiary alicyclic amines) is 1. The van der Waals surface area contributed by atoms with Crippen molar-refractivity contribution in [2.24, 2.45) is 0 Å². The lowest BCUT2D eigenvalue weighted by Crippen LogP contribution is -2.26. The minimum absolute atomic E-state index is 0.0703. The molecule has 0 spiro atoms. The summed E-state index contributed by atoms with van der Waals surface area (Å²) in [6, 6.07) is 1.35. The standard InChI is InChI=1S/C14H13F5N4O2/c15-9-5-23(6-10(9)16)4-2-8-7(1-3-20-12(8)24)11-21-13(25-22-11)14(17,18)19/h1,3,9-10H,2,4-6H2,(H,20,24)/t9-,10-/m0/s1. The summed E-state index contributed by atoms with van der Waals surface area (Å²) in [6.45, 7) is -0.0196. The van der Waals surface area contributed by atoms with E-state index in [9.17, 15) is 26.7 Å². The molecule has 6 nitrogen and oxygen atoms in total. The van der Waals surface area contributed by atoms with Crippen LogP contribution in [0, 0.1) is 0 Å². The number of H-pyrrole nitrogens is 1. The number of aromatic nitrogens is 3. The van der Waals surface area contributed by atoms with Gasteiger partial charge < -0.3 is 9.51 Å². The van der Waals surface area contributed by atoms with Crippen molar-refractivity contribution in [1.82, 2.24) is 20.0 Å². The maximum atomic E-state index is 13.2. The second-order valence-electron chi connectivity index (χ2n) is 5.66. The summed E-state index contributed by atoms with van der Waals surface area (Å²) in [4.78, 5) is 19.2. The number of nitrogens with one attached hydrogen (secondary N) is 1. The summed E-state index contributed by atoms with van der Waals surface area (Å²) < 4.78 is 68.3. The van der Waals surface area contributed by atoms with Crippen LogP contribution < -0.4 is 5.56 Å². The lowest BCUT2D eigenvalue weighted by atomic mass is 10.1. The number of pyridine rings is 1. The fourth-order valence-electron chi connectivity index (χ4n) is 2.67. The van der Waals surface area contributed by atoms with Crippen LogP contribution in [-0.2, 0) is 12.6 Å². The van der Waals surface area contributed by atoms with Gasteiger partial charge in [0.25, 0.3) is 5.56 Å². The lowest BCUT2D eigenvalue weighted by Gasteiger charge is -2.14. The van der Waals surface area contributed by atoms with Crippen LogP contribution in [0.15, 0.2) is 21.6 Å². The van der Waals surface area contributed by atoms with Gasteiger partial charge in [-0.25, -0.2) is 8.78 Å². The number of aromatic amines is 1. The third kappa shape index (κ3) is 3.70. The summed E-state index contributed by atoms with van der Waals surface area (Å²) in [5.41, 5.74) is -0.339. The Labute approximate surface area is 137 Å².